The van der Waals surface area contributed by atoms with Gasteiger partial charge in [0.1, 0.15) is 11.4 Å². The summed E-state index contributed by atoms with van der Waals surface area (Å²) in [6, 6.07) is 14.0. The zero-order valence-electron chi connectivity index (χ0n) is 10.9. The third-order valence-electron chi connectivity index (χ3n) is 3.17. The van der Waals surface area contributed by atoms with Crippen LogP contribution in [0.2, 0.25) is 0 Å². The number of nitrogens with two attached hydrogens (primary N) is 1. The second-order valence-electron chi connectivity index (χ2n) is 4.51. The van der Waals surface area contributed by atoms with E-state index in [9.17, 15) is 0 Å². The van der Waals surface area contributed by atoms with Gasteiger partial charge in [-0.05, 0) is 18.4 Å². The standard InChI is InChI=1S/C15H15N3O/c1-10-14(16)15(18(2)17-10)19-13-9-5-7-11-6-3-4-8-12(11)13/h3-9H,16H2,1-2H3. The van der Waals surface area contributed by atoms with Gasteiger partial charge in [-0.2, -0.15) is 5.10 Å². The maximum atomic E-state index is 5.99. The van der Waals surface area contributed by atoms with Crippen molar-refractivity contribution in [3.05, 3.63) is 48.2 Å². The lowest BCUT2D eigenvalue weighted by atomic mass is 10.1. The normalized spacial score (nSPS) is 10.8. The summed E-state index contributed by atoms with van der Waals surface area (Å²) in [6.07, 6.45) is 0. The Hall–Kier alpha value is -2.49. The minimum atomic E-state index is 0.578. The lowest BCUT2D eigenvalue weighted by molar-refractivity contribution is 0.437. The first-order valence-electron chi connectivity index (χ1n) is 6.11. The molecule has 0 saturated heterocycles. The lowest BCUT2D eigenvalue weighted by Gasteiger charge is -2.09. The summed E-state index contributed by atoms with van der Waals surface area (Å²) in [4.78, 5) is 0. The molecule has 0 aliphatic rings. The van der Waals surface area contributed by atoms with Crippen molar-refractivity contribution in [2.45, 2.75) is 6.92 Å². The molecular formula is C15H15N3O. The van der Waals surface area contributed by atoms with Gasteiger partial charge in [-0.25, -0.2) is 4.68 Å². The Morgan fingerprint density at radius 3 is 2.58 bits per heavy atom. The number of aryl methyl sites for hydroxylation is 2. The minimum Gasteiger partial charge on any atom is -0.437 e. The highest BCUT2D eigenvalue weighted by Gasteiger charge is 2.13. The van der Waals surface area contributed by atoms with Gasteiger partial charge in [0.2, 0.25) is 5.88 Å². The van der Waals surface area contributed by atoms with Crippen LogP contribution in [0.15, 0.2) is 42.5 Å². The summed E-state index contributed by atoms with van der Waals surface area (Å²) in [5.41, 5.74) is 7.34. The highest BCUT2D eigenvalue weighted by atomic mass is 16.5. The number of nitrogen functional groups attached to an aromatic ring is 1. The van der Waals surface area contributed by atoms with Gasteiger partial charge in [0.25, 0.3) is 0 Å². The van der Waals surface area contributed by atoms with E-state index in [-0.39, 0.29) is 0 Å². The van der Waals surface area contributed by atoms with E-state index in [0.29, 0.717) is 11.6 Å². The molecule has 2 N–H and O–H groups in total. The van der Waals surface area contributed by atoms with Crippen molar-refractivity contribution in [1.82, 2.24) is 9.78 Å². The Balaban J connectivity index is 2.11. The number of rotatable bonds is 2. The van der Waals surface area contributed by atoms with Gasteiger partial charge in [0.15, 0.2) is 0 Å². The molecule has 1 aromatic heterocycles. The number of nitrogens with zero attached hydrogens (tertiary/aromatic N) is 2. The van der Waals surface area contributed by atoms with Crippen LogP contribution in [0.25, 0.3) is 10.8 Å². The summed E-state index contributed by atoms with van der Waals surface area (Å²) in [5.74, 6) is 1.36. The quantitative estimate of drug-likeness (QED) is 0.762. The molecule has 0 saturated carbocycles. The third kappa shape index (κ3) is 1.91. The molecular weight excluding hydrogens is 238 g/mol. The maximum Gasteiger partial charge on any atom is 0.241 e. The van der Waals surface area contributed by atoms with Crippen LogP contribution < -0.4 is 10.5 Å². The Morgan fingerprint density at radius 2 is 1.84 bits per heavy atom. The van der Waals surface area contributed by atoms with Crippen LogP contribution in [-0.2, 0) is 7.05 Å². The van der Waals surface area contributed by atoms with Crippen LogP contribution in [0.3, 0.4) is 0 Å². The fourth-order valence-corrected chi connectivity index (χ4v) is 2.16. The first-order valence-corrected chi connectivity index (χ1v) is 6.11. The molecule has 1 heterocycles. The van der Waals surface area contributed by atoms with E-state index in [0.717, 1.165) is 22.2 Å². The van der Waals surface area contributed by atoms with Crippen molar-refractivity contribution in [1.29, 1.82) is 0 Å². The molecule has 0 aliphatic carbocycles. The molecule has 96 valence electrons. The van der Waals surface area contributed by atoms with Crippen molar-refractivity contribution in [3.8, 4) is 11.6 Å². The average Bonchev–Trinajstić information content (AvgIpc) is 2.66. The van der Waals surface area contributed by atoms with Gasteiger partial charge in [-0.3, -0.25) is 0 Å². The van der Waals surface area contributed by atoms with Crippen molar-refractivity contribution in [3.63, 3.8) is 0 Å². The summed E-state index contributed by atoms with van der Waals surface area (Å²) in [7, 11) is 1.82. The first-order chi connectivity index (χ1) is 9.16. The fraction of sp³-hybridized carbons (Fsp3) is 0.133. The molecule has 0 unspecified atom stereocenters. The number of benzene rings is 2. The highest BCUT2D eigenvalue weighted by molar-refractivity contribution is 5.88. The molecule has 3 rings (SSSR count). The summed E-state index contributed by atoms with van der Waals surface area (Å²) in [5, 5.41) is 6.45. The van der Waals surface area contributed by atoms with Crippen molar-refractivity contribution < 1.29 is 4.74 Å². The molecule has 0 aliphatic heterocycles. The van der Waals surface area contributed by atoms with Gasteiger partial charge < -0.3 is 10.5 Å². The van der Waals surface area contributed by atoms with Crippen molar-refractivity contribution in [2.24, 2.45) is 7.05 Å². The van der Waals surface area contributed by atoms with Crippen molar-refractivity contribution >= 4 is 16.5 Å². The van der Waals surface area contributed by atoms with Crippen LogP contribution in [0.5, 0.6) is 11.6 Å². The predicted octanol–water partition coefficient (Wildman–Crippen LogP) is 3.26. The Labute approximate surface area is 111 Å². The molecule has 2 aromatic carbocycles. The Morgan fingerprint density at radius 1 is 1.11 bits per heavy atom. The van der Waals surface area contributed by atoms with Gasteiger partial charge in [-0.1, -0.05) is 36.4 Å². The SMILES string of the molecule is Cc1nn(C)c(Oc2cccc3ccccc23)c1N. The van der Waals surface area contributed by atoms with E-state index in [4.69, 9.17) is 10.5 Å². The average molecular weight is 253 g/mol. The highest BCUT2D eigenvalue weighted by Crippen LogP contribution is 2.33. The molecule has 4 heteroatoms. The van der Waals surface area contributed by atoms with E-state index in [1.807, 2.05) is 44.3 Å². The molecule has 19 heavy (non-hydrogen) atoms. The van der Waals surface area contributed by atoms with E-state index in [1.165, 1.54) is 0 Å². The molecule has 0 amide bonds. The van der Waals surface area contributed by atoms with E-state index in [1.54, 1.807) is 4.68 Å². The second-order valence-corrected chi connectivity index (χ2v) is 4.51. The van der Waals surface area contributed by atoms with Crippen molar-refractivity contribution in [2.75, 3.05) is 5.73 Å². The number of ether oxygens (including phenoxy) is 1. The van der Waals surface area contributed by atoms with Crippen LogP contribution in [0.4, 0.5) is 5.69 Å². The molecule has 0 atom stereocenters. The summed E-state index contributed by atoms with van der Waals surface area (Å²) >= 11 is 0. The molecule has 0 radical (unpaired) electrons. The smallest absolute Gasteiger partial charge is 0.241 e. The first kappa shape index (κ1) is 11.6. The largest absolute Gasteiger partial charge is 0.437 e. The number of fused-ring (bicyclic) bond motifs is 1. The van der Waals surface area contributed by atoms with E-state index in [2.05, 4.69) is 17.2 Å². The monoisotopic (exact) mass is 253 g/mol. The van der Waals surface area contributed by atoms with Crippen LogP contribution >= 0.6 is 0 Å². The number of aromatic nitrogens is 2. The number of anilines is 1. The van der Waals surface area contributed by atoms with Crippen LogP contribution in [0.1, 0.15) is 5.69 Å². The summed E-state index contributed by atoms with van der Waals surface area (Å²) in [6.45, 7) is 1.87. The number of hydrogen-bond donors (Lipinski definition) is 1. The fourth-order valence-electron chi connectivity index (χ4n) is 2.16. The topological polar surface area (TPSA) is 53.1 Å². The van der Waals surface area contributed by atoms with Gasteiger partial charge >= 0.3 is 0 Å². The molecule has 3 aromatic rings. The second kappa shape index (κ2) is 4.31. The minimum absolute atomic E-state index is 0.578. The summed E-state index contributed by atoms with van der Waals surface area (Å²) < 4.78 is 7.61. The van der Waals surface area contributed by atoms with Gasteiger partial charge in [0.05, 0.1) is 5.69 Å². The zero-order chi connectivity index (χ0) is 13.4. The van der Waals surface area contributed by atoms with Gasteiger partial charge in [0, 0.05) is 12.4 Å². The molecule has 0 bridgehead atoms. The maximum absolute atomic E-state index is 5.99. The van der Waals surface area contributed by atoms with E-state index >= 15 is 0 Å². The van der Waals surface area contributed by atoms with Gasteiger partial charge in [-0.15, -0.1) is 0 Å². The molecule has 4 nitrogen and oxygen atoms in total. The van der Waals surface area contributed by atoms with Crippen LogP contribution in [-0.4, -0.2) is 9.78 Å². The Kier molecular flexibility index (Phi) is 2.63. The van der Waals surface area contributed by atoms with Crippen LogP contribution in [0, 0.1) is 6.92 Å². The third-order valence-corrected chi connectivity index (χ3v) is 3.17. The predicted molar refractivity (Wildman–Crippen MR) is 76.4 cm³/mol. The van der Waals surface area contributed by atoms with E-state index < -0.39 is 0 Å². The number of hydrogen-bond acceptors (Lipinski definition) is 3. The Bertz CT molecular complexity index is 741. The molecule has 0 fully saturated rings. The molecule has 0 spiro atoms. The lowest BCUT2D eigenvalue weighted by Crippen LogP contribution is -1.97. The zero-order valence-corrected chi connectivity index (χ0v) is 10.9.